The fourth-order valence-electron chi connectivity index (χ4n) is 6.42. The summed E-state index contributed by atoms with van der Waals surface area (Å²) >= 11 is 0. The van der Waals surface area contributed by atoms with Crippen LogP contribution in [0.15, 0.2) is 30.3 Å². The largest absolute Gasteiger partial charge is 0.480 e. The van der Waals surface area contributed by atoms with Crippen LogP contribution in [0.3, 0.4) is 0 Å². The van der Waals surface area contributed by atoms with Crippen LogP contribution in [0.25, 0.3) is 10.8 Å². The van der Waals surface area contributed by atoms with E-state index in [2.05, 4.69) is 34.3 Å². The Balaban J connectivity index is 1.82. The van der Waals surface area contributed by atoms with Gasteiger partial charge in [-0.1, -0.05) is 38.8 Å². The predicted molar refractivity (Wildman–Crippen MR) is 167 cm³/mol. The Labute approximate surface area is 254 Å². The molecule has 2 heterocycles. The van der Waals surface area contributed by atoms with Gasteiger partial charge in [0.1, 0.15) is 17.7 Å². The molecule has 232 valence electrons. The summed E-state index contributed by atoms with van der Waals surface area (Å²) in [4.78, 5) is 43.3. The quantitative estimate of drug-likeness (QED) is 0.451. The average molecular weight is 592 g/mol. The number of amides is 2. The number of cyclic esters (lactones) is 1. The molecule has 2 aliphatic heterocycles. The zero-order valence-corrected chi connectivity index (χ0v) is 26.1. The van der Waals surface area contributed by atoms with Crippen molar-refractivity contribution in [1.29, 1.82) is 0 Å². The Morgan fingerprint density at radius 1 is 1.19 bits per heavy atom. The van der Waals surface area contributed by atoms with Crippen LogP contribution >= 0.6 is 0 Å². The van der Waals surface area contributed by atoms with E-state index in [0.29, 0.717) is 19.3 Å². The van der Waals surface area contributed by atoms with Gasteiger partial charge in [0.2, 0.25) is 5.91 Å². The minimum absolute atomic E-state index is 0.0197. The van der Waals surface area contributed by atoms with E-state index in [1.807, 2.05) is 40.1 Å². The highest BCUT2D eigenvalue weighted by molar-refractivity contribution is 5.91. The molecule has 2 N–H and O–H groups in total. The van der Waals surface area contributed by atoms with Crippen LogP contribution in [0.5, 0.6) is 0 Å². The third-order valence-corrected chi connectivity index (χ3v) is 9.11. The fourth-order valence-corrected chi connectivity index (χ4v) is 6.42. The molecule has 1 saturated heterocycles. The molecule has 0 radical (unpaired) electrons. The third-order valence-electron chi connectivity index (χ3n) is 9.11. The molecule has 9 heteroatoms. The van der Waals surface area contributed by atoms with E-state index < -0.39 is 41.1 Å². The molecule has 2 aliphatic rings. The molecular formula is C34H45N3O6. The van der Waals surface area contributed by atoms with Crippen LogP contribution in [-0.2, 0) is 31.1 Å². The molecule has 0 aromatic heterocycles. The number of benzene rings is 2. The maximum Gasteiger partial charge on any atom is 0.407 e. The number of anilines is 1. The molecule has 2 aromatic carbocycles. The van der Waals surface area contributed by atoms with Gasteiger partial charge in [-0.25, -0.2) is 9.59 Å². The van der Waals surface area contributed by atoms with Crippen molar-refractivity contribution in [2.24, 2.45) is 5.41 Å². The van der Waals surface area contributed by atoms with Crippen molar-refractivity contribution in [3.63, 3.8) is 0 Å². The monoisotopic (exact) mass is 591 g/mol. The molecule has 3 atom stereocenters. The summed E-state index contributed by atoms with van der Waals surface area (Å²) in [5.41, 5.74) is 1.38. The predicted octanol–water partition coefficient (Wildman–Crippen LogP) is 5.08. The van der Waals surface area contributed by atoms with E-state index >= 15 is 0 Å². The van der Waals surface area contributed by atoms with E-state index in [9.17, 15) is 19.5 Å². The molecule has 43 heavy (non-hydrogen) atoms. The number of alkyl carbamates (subject to hydrolysis) is 1. The number of fused-ring (bicyclic) bond motifs is 5. The number of carbonyl (C=O) groups excluding carboxylic acids is 2. The Morgan fingerprint density at radius 2 is 1.93 bits per heavy atom. The molecule has 0 saturated carbocycles. The number of nitrogens with one attached hydrogen (secondary N) is 1. The number of ether oxygens (including phenoxy) is 2. The summed E-state index contributed by atoms with van der Waals surface area (Å²) in [7, 11) is 5.64. The fraction of sp³-hybridized carbons (Fsp3) is 0.559. The van der Waals surface area contributed by atoms with Gasteiger partial charge in [0.15, 0.2) is 0 Å². The lowest BCUT2D eigenvalue weighted by molar-refractivity contribution is -0.150. The van der Waals surface area contributed by atoms with Crippen molar-refractivity contribution in [1.82, 2.24) is 10.2 Å². The van der Waals surface area contributed by atoms with Gasteiger partial charge >= 0.3 is 12.1 Å². The summed E-state index contributed by atoms with van der Waals surface area (Å²) in [6.07, 6.45) is 10.2. The number of carboxylic acids is 1. The van der Waals surface area contributed by atoms with Gasteiger partial charge in [-0.05, 0) is 71.2 Å². The van der Waals surface area contributed by atoms with E-state index in [1.54, 1.807) is 7.11 Å². The summed E-state index contributed by atoms with van der Waals surface area (Å²) < 4.78 is 11.6. The maximum absolute atomic E-state index is 14.3. The Bertz CT molecular complexity index is 1400. The SMILES string of the molecule is C#CCCC(C)(C)C1NC(=O)OCCCCCCc2cc3cc(ccc3cc2N(C)C)C2(OC)CC(C(=O)O)N(C2)C1=O. The molecule has 0 aliphatic carbocycles. The molecule has 5 bridgehead atoms. The minimum Gasteiger partial charge on any atom is -0.480 e. The topological polar surface area (TPSA) is 108 Å². The summed E-state index contributed by atoms with van der Waals surface area (Å²) in [6, 6.07) is 8.27. The molecule has 1 fully saturated rings. The van der Waals surface area contributed by atoms with E-state index in [0.717, 1.165) is 47.7 Å². The van der Waals surface area contributed by atoms with Crippen molar-refractivity contribution in [2.45, 2.75) is 82.9 Å². The highest BCUT2D eigenvalue weighted by atomic mass is 16.5. The summed E-state index contributed by atoms with van der Waals surface area (Å²) in [5.74, 6) is 0.981. The van der Waals surface area contributed by atoms with Crippen molar-refractivity contribution in [2.75, 3.05) is 39.3 Å². The van der Waals surface area contributed by atoms with Crippen LogP contribution < -0.4 is 10.2 Å². The first-order chi connectivity index (χ1) is 20.4. The van der Waals surface area contributed by atoms with Gasteiger partial charge in [-0.2, -0.15) is 0 Å². The Kier molecular flexibility index (Phi) is 9.91. The number of hydrogen-bond acceptors (Lipinski definition) is 6. The molecule has 4 rings (SSSR count). The van der Waals surface area contributed by atoms with Gasteiger partial charge in [0.05, 0.1) is 13.2 Å². The Hall–Kier alpha value is -3.77. The van der Waals surface area contributed by atoms with Gasteiger partial charge < -0.3 is 29.7 Å². The van der Waals surface area contributed by atoms with Crippen molar-refractivity contribution in [3.05, 3.63) is 41.5 Å². The molecule has 0 spiro atoms. The second-order valence-electron chi connectivity index (χ2n) is 12.7. The zero-order valence-electron chi connectivity index (χ0n) is 26.1. The van der Waals surface area contributed by atoms with Crippen LogP contribution in [0.1, 0.15) is 69.9 Å². The van der Waals surface area contributed by atoms with E-state index in [1.165, 1.54) is 10.5 Å². The number of nitrogens with zero attached hydrogens (tertiary/aromatic N) is 2. The number of aryl methyl sites for hydroxylation is 1. The van der Waals surface area contributed by atoms with Crippen LogP contribution in [0.4, 0.5) is 10.5 Å². The van der Waals surface area contributed by atoms with Gasteiger partial charge in [-0.3, -0.25) is 4.79 Å². The lowest BCUT2D eigenvalue weighted by Crippen LogP contribution is -2.57. The molecule has 2 amide bonds. The second-order valence-corrected chi connectivity index (χ2v) is 12.7. The van der Waals surface area contributed by atoms with E-state index in [4.69, 9.17) is 15.9 Å². The minimum atomic E-state index is -1.15. The lowest BCUT2D eigenvalue weighted by Gasteiger charge is -2.37. The first-order valence-corrected chi connectivity index (χ1v) is 15.1. The highest BCUT2D eigenvalue weighted by Gasteiger charge is 2.53. The van der Waals surface area contributed by atoms with Crippen LogP contribution in [-0.4, -0.2) is 74.4 Å². The Morgan fingerprint density at radius 3 is 2.60 bits per heavy atom. The smallest absolute Gasteiger partial charge is 0.407 e. The van der Waals surface area contributed by atoms with Crippen LogP contribution in [0, 0.1) is 17.8 Å². The molecule has 9 nitrogen and oxygen atoms in total. The van der Waals surface area contributed by atoms with Gasteiger partial charge in [0.25, 0.3) is 0 Å². The highest BCUT2D eigenvalue weighted by Crippen LogP contribution is 2.42. The number of rotatable bonds is 6. The molecule has 3 unspecified atom stereocenters. The number of methoxy groups -OCH3 is 1. The van der Waals surface area contributed by atoms with Gasteiger partial charge in [0, 0.05) is 39.7 Å². The normalized spacial score (nSPS) is 23.7. The number of carbonyl (C=O) groups is 3. The van der Waals surface area contributed by atoms with Crippen molar-refractivity contribution >= 4 is 34.4 Å². The van der Waals surface area contributed by atoms with E-state index in [-0.39, 0.29) is 19.6 Å². The second kappa shape index (κ2) is 13.3. The zero-order chi connectivity index (χ0) is 31.4. The number of carboxylic acid groups (broad SMARTS) is 1. The van der Waals surface area contributed by atoms with Crippen molar-refractivity contribution in [3.8, 4) is 12.3 Å². The van der Waals surface area contributed by atoms with Gasteiger partial charge in [-0.15, -0.1) is 12.3 Å². The first kappa shape index (κ1) is 32.2. The van der Waals surface area contributed by atoms with Crippen LogP contribution in [0.2, 0.25) is 0 Å². The number of aliphatic carboxylic acids is 1. The average Bonchev–Trinajstić information content (AvgIpc) is 3.38. The molecular weight excluding hydrogens is 546 g/mol. The number of hydrogen-bond donors (Lipinski definition) is 2. The third kappa shape index (κ3) is 6.91. The molecule has 2 aromatic rings. The maximum atomic E-state index is 14.3. The number of terminal acetylenes is 1. The first-order valence-electron chi connectivity index (χ1n) is 15.1. The lowest BCUT2D eigenvalue weighted by atomic mass is 9.79. The summed E-state index contributed by atoms with van der Waals surface area (Å²) in [6.45, 7) is 3.94. The summed E-state index contributed by atoms with van der Waals surface area (Å²) in [5, 5.41) is 15.2. The van der Waals surface area contributed by atoms with Crippen molar-refractivity contribution < 1.29 is 29.0 Å². The standard InChI is InChI=1S/C34H45N3O6/c1-7-8-16-33(2,3)29-30(38)37-22-34(42-6,21-28(37)31(39)40)26-15-14-23-20-27(36(4)5)24(18-25(23)19-26)13-11-9-10-12-17-43-32(41)35-29/h1,14-15,18-20,28-29H,8-13,16-17,21-22H2,2-6H3,(H,35,41)(H,39,40).